The normalized spacial score (nSPS) is 13.9. The second kappa shape index (κ2) is 5.33. The van der Waals surface area contributed by atoms with E-state index in [4.69, 9.17) is 0 Å². The van der Waals surface area contributed by atoms with Crippen LogP contribution < -0.4 is 5.32 Å². The molecule has 0 saturated carbocycles. The van der Waals surface area contributed by atoms with Crippen LogP contribution in [-0.2, 0) is 20.0 Å². The molecule has 0 fully saturated rings. The predicted molar refractivity (Wildman–Crippen MR) is 78.1 cm³/mol. The number of sulfone groups is 1. The molecule has 0 aromatic heterocycles. The van der Waals surface area contributed by atoms with Gasteiger partial charge in [0.1, 0.15) is 5.25 Å². The molecule has 19 heavy (non-hydrogen) atoms. The van der Waals surface area contributed by atoms with Gasteiger partial charge in [-0.05, 0) is 30.0 Å². The van der Waals surface area contributed by atoms with Crippen molar-refractivity contribution in [1.82, 2.24) is 0 Å². The Morgan fingerprint density at radius 2 is 1.63 bits per heavy atom. The molecule has 1 atom stereocenters. The van der Waals surface area contributed by atoms with Crippen molar-refractivity contribution in [1.29, 1.82) is 0 Å². The summed E-state index contributed by atoms with van der Waals surface area (Å²) in [5.74, 6) is -0.508. The standard InChI is InChI=1S/C14H21NO3S/c1-10(19(5,17)18)13(16)15-12-8-6-11(7-9-12)14(2,3)4/h6-10H,1-5H3,(H,15,16). The van der Waals surface area contributed by atoms with E-state index in [1.54, 1.807) is 12.1 Å². The van der Waals surface area contributed by atoms with Crippen molar-refractivity contribution in [3.63, 3.8) is 0 Å². The fourth-order valence-electron chi connectivity index (χ4n) is 1.49. The first-order valence-electron chi connectivity index (χ1n) is 6.12. The molecule has 0 aliphatic rings. The zero-order chi connectivity index (χ0) is 14.8. The van der Waals surface area contributed by atoms with Gasteiger partial charge in [-0.1, -0.05) is 32.9 Å². The van der Waals surface area contributed by atoms with E-state index in [1.807, 2.05) is 12.1 Å². The second-order valence-electron chi connectivity index (χ2n) is 5.79. The second-order valence-corrected chi connectivity index (χ2v) is 8.15. The monoisotopic (exact) mass is 283 g/mol. The first-order chi connectivity index (χ1) is 8.51. The van der Waals surface area contributed by atoms with Crippen LogP contribution in [0.4, 0.5) is 5.69 Å². The first kappa shape index (κ1) is 15.7. The van der Waals surface area contributed by atoms with Crippen LogP contribution in [0.1, 0.15) is 33.3 Å². The van der Waals surface area contributed by atoms with E-state index in [-0.39, 0.29) is 5.41 Å². The minimum absolute atomic E-state index is 0.0442. The van der Waals surface area contributed by atoms with Crippen molar-refractivity contribution in [3.05, 3.63) is 29.8 Å². The molecule has 0 saturated heterocycles. The third-order valence-electron chi connectivity index (χ3n) is 3.03. The van der Waals surface area contributed by atoms with Crippen molar-refractivity contribution in [2.75, 3.05) is 11.6 Å². The van der Waals surface area contributed by atoms with Crippen molar-refractivity contribution in [3.8, 4) is 0 Å². The number of anilines is 1. The topological polar surface area (TPSA) is 63.2 Å². The molecule has 0 radical (unpaired) electrons. The Morgan fingerprint density at radius 3 is 2.00 bits per heavy atom. The number of rotatable bonds is 3. The van der Waals surface area contributed by atoms with Crippen molar-refractivity contribution >= 4 is 21.4 Å². The Bertz CT molecular complexity index is 553. The molecule has 1 amide bonds. The van der Waals surface area contributed by atoms with Gasteiger partial charge >= 0.3 is 0 Å². The number of hydrogen-bond donors (Lipinski definition) is 1. The molecule has 1 unspecified atom stereocenters. The lowest BCUT2D eigenvalue weighted by Gasteiger charge is -2.19. The summed E-state index contributed by atoms with van der Waals surface area (Å²) in [7, 11) is -3.37. The molecule has 0 spiro atoms. The number of amides is 1. The van der Waals surface area contributed by atoms with Crippen LogP contribution in [0.15, 0.2) is 24.3 Å². The van der Waals surface area contributed by atoms with Gasteiger partial charge in [-0.15, -0.1) is 0 Å². The van der Waals surface area contributed by atoms with E-state index in [9.17, 15) is 13.2 Å². The summed E-state index contributed by atoms with van der Waals surface area (Å²) in [5, 5.41) is 1.56. The van der Waals surface area contributed by atoms with Gasteiger partial charge in [0.2, 0.25) is 5.91 Å². The molecule has 4 nitrogen and oxygen atoms in total. The quantitative estimate of drug-likeness (QED) is 0.926. The van der Waals surface area contributed by atoms with Crippen LogP contribution in [0, 0.1) is 0 Å². The fourth-order valence-corrected chi connectivity index (χ4v) is 1.94. The average molecular weight is 283 g/mol. The van der Waals surface area contributed by atoms with E-state index < -0.39 is 21.0 Å². The molecule has 5 heteroatoms. The van der Waals surface area contributed by atoms with Gasteiger partial charge in [-0.25, -0.2) is 8.42 Å². The number of benzene rings is 1. The first-order valence-corrected chi connectivity index (χ1v) is 8.07. The van der Waals surface area contributed by atoms with Gasteiger partial charge in [0, 0.05) is 11.9 Å². The maximum atomic E-state index is 11.8. The lowest BCUT2D eigenvalue weighted by Crippen LogP contribution is -2.31. The Balaban J connectivity index is 2.82. The third-order valence-corrected chi connectivity index (χ3v) is 4.53. The van der Waals surface area contributed by atoms with Crippen LogP contribution in [0.2, 0.25) is 0 Å². The van der Waals surface area contributed by atoms with Gasteiger partial charge < -0.3 is 5.32 Å². The van der Waals surface area contributed by atoms with Gasteiger partial charge in [-0.3, -0.25) is 4.79 Å². The molecule has 0 heterocycles. The minimum Gasteiger partial charge on any atom is -0.325 e. The van der Waals surface area contributed by atoms with E-state index in [2.05, 4.69) is 26.1 Å². The molecular formula is C14H21NO3S. The summed E-state index contributed by atoms with van der Waals surface area (Å²) in [6.07, 6.45) is 1.06. The van der Waals surface area contributed by atoms with Gasteiger partial charge in [0.15, 0.2) is 9.84 Å². The lowest BCUT2D eigenvalue weighted by atomic mass is 9.87. The Morgan fingerprint density at radius 1 is 1.16 bits per heavy atom. The van der Waals surface area contributed by atoms with Crippen molar-refractivity contribution in [2.24, 2.45) is 0 Å². The number of nitrogens with one attached hydrogen (secondary N) is 1. The number of carbonyl (C=O) groups excluding carboxylic acids is 1. The largest absolute Gasteiger partial charge is 0.325 e. The maximum absolute atomic E-state index is 11.8. The van der Waals surface area contributed by atoms with Gasteiger partial charge in [0.05, 0.1) is 0 Å². The molecule has 0 bridgehead atoms. The summed E-state index contributed by atoms with van der Waals surface area (Å²) in [4.78, 5) is 11.8. The van der Waals surface area contributed by atoms with Crippen molar-refractivity contribution in [2.45, 2.75) is 38.4 Å². The van der Waals surface area contributed by atoms with E-state index in [0.717, 1.165) is 11.8 Å². The summed E-state index contributed by atoms with van der Waals surface area (Å²) >= 11 is 0. The van der Waals surface area contributed by atoms with Crippen LogP contribution in [0.3, 0.4) is 0 Å². The highest BCUT2D eigenvalue weighted by Gasteiger charge is 2.23. The Hall–Kier alpha value is -1.36. The SMILES string of the molecule is CC(C(=O)Nc1ccc(C(C)(C)C)cc1)S(C)(=O)=O. The lowest BCUT2D eigenvalue weighted by molar-refractivity contribution is -0.115. The third kappa shape index (κ3) is 4.35. The van der Waals surface area contributed by atoms with Crippen LogP contribution in [0.5, 0.6) is 0 Å². The molecule has 1 rings (SSSR count). The highest BCUT2D eigenvalue weighted by Crippen LogP contribution is 2.23. The van der Waals surface area contributed by atoms with Gasteiger partial charge in [-0.2, -0.15) is 0 Å². The zero-order valence-electron chi connectivity index (χ0n) is 12.0. The molecule has 1 aromatic carbocycles. The predicted octanol–water partition coefficient (Wildman–Crippen LogP) is 2.36. The maximum Gasteiger partial charge on any atom is 0.242 e. The highest BCUT2D eigenvalue weighted by atomic mass is 32.2. The van der Waals surface area contributed by atoms with Gasteiger partial charge in [0.25, 0.3) is 0 Å². The summed E-state index contributed by atoms with van der Waals surface area (Å²) in [5.41, 5.74) is 1.80. The van der Waals surface area contributed by atoms with Crippen molar-refractivity contribution < 1.29 is 13.2 Å². The van der Waals surface area contributed by atoms with Crippen LogP contribution in [0.25, 0.3) is 0 Å². The smallest absolute Gasteiger partial charge is 0.242 e. The van der Waals surface area contributed by atoms with Crippen LogP contribution in [-0.4, -0.2) is 25.8 Å². The molecule has 0 aliphatic heterocycles. The van der Waals surface area contributed by atoms with E-state index in [0.29, 0.717) is 5.69 Å². The number of hydrogen-bond acceptors (Lipinski definition) is 3. The molecular weight excluding hydrogens is 262 g/mol. The zero-order valence-corrected chi connectivity index (χ0v) is 12.8. The highest BCUT2D eigenvalue weighted by molar-refractivity contribution is 7.92. The number of carbonyl (C=O) groups is 1. The fraction of sp³-hybridized carbons (Fsp3) is 0.500. The Labute approximate surface area is 115 Å². The summed E-state index contributed by atoms with van der Waals surface area (Å²) < 4.78 is 22.6. The average Bonchev–Trinajstić information content (AvgIpc) is 2.26. The summed E-state index contributed by atoms with van der Waals surface area (Å²) in [6, 6.07) is 7.43. The molecule has 106 valence electrons. The minimum atomic E-state index is -3.37. The molecule has 1 N–H and O–H groups in total. The Kier molecular flexibility index (Phi) is 4.40. The van der Waals surface area contributed by atoms with E-state index in [1.165, 1.54) is 6.92 Å². The van der Waals surface area contributed by atoms with E-state index >= 15 is 0 Å². The molecule has 1 aromatic rings. The summed E-state index contributed by atoms with van der Waals surface area (Å²) in [6.45, 7) is 7.69. The molecule has 0 aliphatic carbocycles. The van der Waals surface area contributed by atoms with Crippen LogP contribution >= 0.6 is 0 Å².